The molecule has 2 amide bonds. The molecule has 0 aliphatic heterocycles. The number of rotatable bonds is 9. The fraction of sp³-hybridized carbons (Fsp3) is 0.231. The number of amides is 2. The van der Waals surface area contributed by atoms with Crippen molar-refractivity contribution in [1.29, 1.82) is 0 Å². The number of hydrogen-bond donors (Lipinski definition) is 1. The third kappa shape index (κ3) is 6.26. The summed E-state index contributed by atoms with van der Waals surface area (Å²) >= 11 is 0. The van der Waals surface area contributed by atoms with Crippen LogP contribution < -0.4 is 5.32 Å². The molecular formula is C26H27N3O4. The molecule has 0 aliphatic rings. The maximum Gasteiger partial charge on any atom is 0.273 e. The zero-order valence-corrected chi connectivity index (χ0v) is 18.7. The van der Waals surface area contributed by atoms with Crippen LogP contribution in [-0.4, -0.2) is 34.7 Å². The smallest absolute Gasteiger partial charge is 0.273 e. The average molecular weight is 446 g/mol. The molecule has 0 fully saturated rings. The zero-order chi connectivity index (χ0) is 23.8. The molecule has 0 aromatic heterocycles. The summed E-state index contributed by atoms with van der Waals surface area (Å²) in [7, 11) is 1.54. The van der Waals surface area contributed by atoms with E-state index in [9.17, 15) is 19.7 Å². The predicted molar refractivity (Wildman–Crippen MR) is 127 cm³/mol. The molecule has 0 aliphatic carbocycles. The van der Waals surface area contributed by atoms with Gasteiger partial charge in [0, 0.05) is 31.6 Å². The number of nitro groups is 1. The molecule has 0 saturated heterocycles. The average Bonchev–Trinajstić information content (AvgIpc) is 2.81. The molecule has 0 heterocycles. The SMILES string of the molecule is CNC(=O)[C@H](Cc1ccccc1)N(Cc1cccc(C)c1)C(=O)Cc1ccccc1[N+](=O)[O-]. The first-order chi connectivity index (χ1) is 15.9. The second-order valence-electron chi connectivity index (χ2n) is 7.89. The minimum absolute atomic E-state index is 0.110. The lowest BCUT2D eigenvalue weighted by atomic mass is 10.0. The van der Waals surface area contributed by atoms with Crippen LogP contribution in [0.5, 0.6) is 0 Å². The van der Waals surface area contributed by atoms with Crippen LogP contribution in [0.4, 0.5) is 5.69 Å². The van der Waals surface area contributed by atoms with Crippen LogP contribution in [0.3, 0.4) is 0 Å². The molecule has 0 spiro atoms. The lowest BCUT2D eigenvalue weighted by Crippen LogP contribution is -2.50. The summed E-state index contributed by atoms with van der Waals surface area (Å²) in [5.74, 6) is -0.641. The molecule has 1 N–H and O–H groups in total. The Bertz CT molecular complexity index is 1130. The van der Waals surface area contributed by atoms with Crippen molar-refractivity contribution in [2.75, 3.05) is 7.05 Å². The molecule has 1 atom stereocenters. The Morgan fingerprint density at radius 1 is 0.970 bits per heavy atom. The van der Waals surface area contributed by atoms with Crippen molar-refractivity contribution in [3.8, 4) is 0 Å². The third-order valence-electron chi connectivity index (χ3n) is 5.48. The van der Waals surface area contributed by atoms with Crippen molar-refractivity contribution in [2.45, 2.75) is 32.4 Å². The van der Waals surface area contributed by atoms with E-state index in [0.29, 0.717) is 12.0 Å². The number of carbonyl (C=O) groups is 2. The van der Waals surface area contributed by atoms with Gasteiger partial charge in [-0.25, -0.2) is 0 Å². The number of nitro benzene ring substituents is 1. The number of hydrogen-bond acceptors (Lipinski definition) is 4. The first kappa shape index (κ1) is 23.7. The maximum atomic E-state index is 13.6. The zero-order valence-electron chi connectivity index (χ0n) is 18.7. The molecule has 3 rings (SSSR count). The highest BCUT2D eigenvalue weighted by Crippen LogP contribution is 2.21. The summed E-state index contributed by atoms with van der Waals surface area (Å²) in [6.45, 7) is 2.18. The summed E-state index contributed by atoms with van der Waals surface area (Å²) in [6, 6.07) is 22.6. The van der Waals surface area contributed by atoms with E-state index in [1.165, 1.54) is 18.0 Å². The highest BCUT2D eigenvalue weighted by molar-refractivity contribution is 5.89. The van der Waals surface area contributed by atoms with E-state index < -0.39 is 11.0 Å². The Morgan fingerprint density at radius 3 is 2.30 bits per heavy atom. The Balaban J connectivity index is 1.98. The van der Waals surface area contributed by atoms with Crippen LogP contribution in [0.25, 0.3) is 0 Å². The van der Waals surface area contributed by atoms with Gasteiger partial charge in [0.2, 0.25) is 11.8 Å². The van der Waals surface area contributed by atoms with E-state index in [1.807, 2.05) is 61.5 Å². The lowest BCUT2D eigenvalue weighted by molar-refractivity contribution is -0.385. The van der Waals surface area contributed by atoms with Crippen LogP contribution >= 0.6 is 0 Å². The number of nitrogens with one attached hydrogen (secondary N) is 1. The molecule has 7 heteroatoms. The topological polar surface area (TPSA) is 92.6 Å². The van der Waals surface area contributed by atoms with Gasteiger partial charge in [-0.1, -0.05) is 78.4 Å². The van der Waals surface area contributed by atoms with E-state index in [2.05, 4.69) is 5.32 Å². The van der Waals surface area contributed by atoms with Crippen molar-refractivity contribution >= 4 is 17.5 Å². The van der Waals surface area contributed by atoms with Gasteiger partial charge < -0.3 is 10.2 Å². The van der Waals surface area contributed by atoms with E-state index in [4.69, 9.17) is 0 Å². The Kier molecular flexibility index (Phi) is 7.91. The molecule has 3 aromatic carbocycles. The number of aryl methyl sites for hydroxylation is 1. The number of likely N-dealkylation sites (N-methyl/N-ethyl adjacent to an activating group) is 1. The van der Waals surface area contributed by atoms with Gasteiger partial charge in [0.15, 0.2) is 0 Å². The first-order valence-electron chi connectivity index (χ1n) is 10.7. The van der Waals surface area contributed by atoms with Crippen LogP contribution in [0, 0.1) is 17.0 Å². The number of nitrogens with zero attached hydrogens (tertiary/aromatic N) is 2. The van der Waals surface area contributed by atoms with Gasteiger partial charge in [0.1, 0.15) is 6.04 Å². The third-order valence-corrected chi connectivity index (χ3v) is 5.48. The molecule has 33 heavy (non-hydrogen) atoms. The molecule has 0 saturated carbocycles. The fourth-order valence-corrected chi connectivity index (χ4v) is 3.83. The van der Waals surface area contributed by atoms with E-state index >= 15 is 0 Å². The van der Waals surface area contributed by atoms with Crippen LogP contribution in [0.1, 0.15) is 22.3 Å². The normalized spacial score (nSPS) is 11.5. The van der Waals surface area contributed by atoms with Crippen LogP contribution in [0.2, 0.25) is 0 Å². The largest absolute Gasteiger partial charge is 0.357 e. The number of carbonyl (C=O) groups excluding carboxylic acids is 2. The van der Waals surface area contributed by atoms with Gasteiger partial charge >= 0.3 is 0 Å². The number of benzene rings is 3. The van der Waals surface area contributed by atoms with Gasteiger partial charge in [0.25, 0.3) is 5.69 Å². The summed E-state index contributed by atoms with van der Waals surface area (Å²) in [6.07, 6.45) is 0.153. The standard InChI is InChI=1S/C26H27N3O4/c1-19-9-8-12-21(15-19)18-28(24(26(31)27-2)16-20-10-4-3-5-11-20)25(30)17-22-13-6-7-14-23(22)29(32)33/h3-15,24H,16-18H2,1-2H3,(H,27,31)/t24-/m0/s1. The quantitative estimate of drug-likeness (QED) is 0.400. The van der Waals surface area contributed by atoms with Crippen molar-refractivity contribution in [3.05, 3.63) is 111 Å². The van der Waals surface area contributed by atoms with Crippen molar-refractivity contribution < 1.29 is 14.5 Å². The lowest BCUT2D eigenvalue weighted by Gasteiger charge is -2.31. The minimum Gasteiger partial charge on any atom is -0.357 e. The molecule has 170 valence electrons. The molecule has 3 aromatic rings. The molecule has 0 unspecified atom stereocenters. The van der Waals surface area contributed by atoms with Gasteiger partial charge in [-0.15, -0.1) is 0 Å². The van der Waals surface area contributed by atoms with E-state index in [1.54, 1.807) is 18.2 Å². The van der Waals surface area contributed by atoms with Crippen molar-refractivity contribution in [1.82, 2.24) is 10.2 Å². The van der Waals surface area contributed by atoms with Gasteiger partial charge in [-0.05, 0) is 18.1 Å². The van der Waals surface area contributed by atoms with Crippen LogP contribution in [-0.2, 0) is 29.0 Å². The van der Waals surface area contributed by atoms with Gasteiger partial charge in [0.05, 0.1) is 11.3 Å². The van der Waals surface area contributed by atoms with Crippen molar-refractivity contribution in [3.63, 3.8) is 0 Å². The molecule has 7 nitrogen and oxygen atoms in total. The summed E-state index contributed by atoms with van der Waals surface area (Å²) in [4.78, 5) is 39.0. The maximum absolute atomic E-state index is 13.6. The first-order valence-corrected chi connectivity index (χ1v) is 10.7. The van der Waals surface area contributed by atoms with Crippen molar-refractivity contribution in [2.24, 2.45) is 0 Å². The second-order valence-corrected chi connectivity index (χ2v) is 7.89. The monoisotopic (exact) mass is 445 g/mol. The Morgan fingerprint density at radius 2 is 1.64 bits per heavy atom. The molecular weight excluding hydrogens is 418 g/mol. The summed E-state index contributed by atoms with van der Waals surface area (Å²) in [5, 5.41) is 14.1. The van der Waals surface area contributed by atoms with Gasteiger partial charge in [-0.3, -0.25) is 19.7 Å². The van der Waals surface area contributed by atoms with E-state index in [0.717, 1.165) is 16.7 Å². The molecule has 0 radical (unpaired) electrons. The minimum atomic E-state index is -0.770. The predicted octanol–water partition coefficient (Wildman–Crippen LogP) is 3.83. The van der Waals surface area contributed by atoms with Crippen LogP contribution in [0.15, 0.2) is 78.9 Å². The summed E-state index contributed by atoms with van der Waals surface area (Å²) < 4.78 is 0. The number of para-hydroxylation sites is 1. The molecule has 0 bridgehead atoms. The second kappa shape index (κ2) is 11.0. The fourth-order valence-electron chi connectivity index (χ4n) is 3.83. The Labute approximate surface area is 193 Å². The summed E-state index contributed by atoms with van der Waals surface area (Å²) in [5.41, 5.74) is 3.04. The van der Waals surface area contributed by atoms with Gasteiger partial charge in [-0.2, -0.15) is 0 Å². The Hall–Kier alpha value is -4.00. The van der Waals surface area contributed by atoms with E-state index in [-0.39, 0.29) is 30.5 Å². The highest BCUT2D eigenvalue weighted by Gasteiger charge is 2.31. The highest BCUT2D eigenvalue weighted by atomic mass is 16.6.